The largest absolute Gasteiger partial charge is 0.258 e. The number of aryl methyl sites for hydroxylation is 1. The molecule has 0 amide bonds. The molecule has 1 aromatic carbocycles. The SMILES string of the molecule is CC1=Nc2ccc(C#N)cc2CC1. The first-order valence-electron chi connectivity index (χ1n) is 4.37. The minimum absolute atomic E-state index is 0.730. The smallest absolute Gasteiger partial charge is 0.0991 e. The van der Waals surface area contributed by atoms with E-state index in [-0.39, 0.29) is 0 Å². The van der Waals surface area contributed by atoms with Gasteiger partial charge in [0, 0.05) is 5.71 Å². The minimum Gasteiger partial charge on any atom is -0.258 e. The predicted octanol–water partition coefficient (Wildman–Crippen LogP) is 2.60. The summed E-state index contributed by atoms with van der Waals surface area (Å²) >= 11 is 0. The molecule has 0 radical (unpaired) electrons. The van der Waals surface area contributed by atoms with Crippen LogP contribution in [-0.4, -0.2) is 5.71 Å². The normalized spacial score (nSPS) is 14.3. The van der Waals surface area contributed by atoms with Gasteiger partial charge in [-0.1, -0.05) is 0 Å². The maximum Gasteiger partial charge on any atom is 0.0991 e. The van der Waals surface area contributed by atoms with Crippen LogP contribution in [0.5, 0.6) is 0 Å². The molecule has 0 aliphatic carbocycles. The van der Waals surface area contributed by atoms with Gasteiger partial charge < -0.3 is 0 Å². The second-order valence-electron chi connectivity index (χ2n) is 3.30. The Labute approximate surface area is 77.5 Å². The van der Waals surface area contributed by atoms with Crippen molar-refractivity contribution < 1.29 is 0 Å². The molecule has 0 N–H and O–H groups in total. The van der Waals surface area contributed by atoms with Crippen LogP contribution in [0.3, 0.4) is 0 Å². The number of nitriles is 1. The number of rotatable bonds is 0. The van der Waals surface area contributed by atoms with E-state index in [2.05, 4.69) is 11.1 Å². The maximum atomic E-state index is 8.71. The van der Waals surface area contributed by atoms with Crippen LogP contribution in [0.1, 0.15) is 24.5 Å². The molecule has 0 fully saturated rings. The van der Waals surface area contributed by atoms with Gasteiger partial charge in [-0.3, -0.25) is 4.99 Å². The lowest BCUT2D eigenvalue weighted by Crippen LogP contribution is -2.01. The highest BCUT2D eigenvalue weighted by molar-refractivity contribution is 5.87. The molecule has 1 aromatic rings. The molecule has 1 aliphatic rings. The van der Waals surface area contributed by atoms with Gasteiger partial charge in [-0.05, 0) is 43.5 Å². The Morgan fingerprint density at radius 2 is 2.23 bits per heavy atom. The van der Waals surface area contributed by atoms with E-state index in [1.807, 2.05) is 25.1 Å². The third kappa shape index (κ3) is 1.46. The van der Waals surface area contributed by atoms with Crippen molar-refractivity contribution in [3.05, 3.63) is 29.3 Å². The molecule has 2 nitrogen and oxygen atoms in total. The lowest BCUT2D eigenvalue weighted by molar-refractivity contribution is 1.00. The molecule has 1 aliphatic heterocycles. The van der Waals surface area contributed by atoms with E-state index in [0.717, 1.165) is 24.1 Å². The topological polar surface area (TPSA) is 36.1 Å². The fourth-order valence-corrected chi connectivity index (χ4v) is 1.54. The standard InChI is InChI=1S/C11H10N2/c1-8-2-4-10-6-9(7-12)3-5-11(10)13-8/h3,5-6H,2,4H2,1H3. The summed E-state index contributed by atoms with van der Waals surface area (Å²) in [6.45, 7) is 2.04. The van der Waals surface area contributed by atoms with Crippen molar-refractivity contribution in [1.29, 1.82) is 5.26 Å². The van der Waals surface area contributed by atoms with Crippen LogP contribution < -0.4 is 0 Å². The molecule has 1 heterocycles. The average molecular weight is 170 g/mol. The second-order valence-corrected chi connectivity index (χ2v) is 3.30. The van der Waals surface area contributed by atoms with Crippen molar-refractivity contribution in [1.82, 2.24) is 0 Å². The van der Waals surface area contributed by atoms with Crippen molar-refractivity contribution in [3.8, 4) is 6.07 Å². The molecule has 64 valence electrons. The second kappa shape index (κ2) is 3.02. The number of aliphatic imine (C=N–C) groups is 1. The van der Waals surface area contributed by atoms with Gasteiger partial charge in [-0.15, -0.1) is 0 Å². The molecule has 0 spiro atoms. The highest BCUT2D eigenvalue weighted by Gasteiger charge is 2.09. The number of nitrogens with zero attached hydrogens (tertiary/aromatic N) is 2. The first-order valence-corrected chi connectivity index (χ1v) is 4.37. The molecule has 0 aromatic heterocycles. The van der Waals surface area contributed by atoms with Gasteiger partial charge in [-0.25, -0.2) is 0 Å². The maximum absolute atomic E-state index is 8.71. The Morgan fingerprint density at radius 3 is 3.00 bits per heavy atom. The van der Waals surface area contributed by atoms with Crippen LogP contribution in [0.15, 0.2) is 23.2 Å². The monoisotopic (exact) mass is 170 g/mol. The van der Waals surface area contributed by atoms with Crippen LogP contribution in [0.4, 0.5) is 5.69 Å². The van der Waals surface area contributed by atoms with Gasteiger partial charge in [0.1, 0.15) is 0 Å². The number of fused-ring (bicyclic) bond motifs is 1. The van der Waals surface area contributed by atoms with Crippen LogP contribution in [0.25, 0.3) is 0 Å². The molecule has 0 atom stereocenters. The zero-order valence-electron chi connectivity index (χ0n) is 7.54. The van der Waals surface area contributed by atoms with E-state index in [1.54, 1.807) is 0 Å². The van der Waals surface area contributed by atoms with Crippen molar-refractivity contribution in [2.75, 3.05) is 0 Å². The molecular weight excluding hydrogens is 160 g/mol. The van der Waals surface area contributed by atoms with E-state index in [9.17, 15) is 0 Å². The van der Waals surface area contributed by atoms with E-state index in [4.69, 9.17) is 5.26 Å². The first kappa shape index (κ1) is 8.00. The van der Waals surface area contributed by atoms with Crippen molar-refractivity contribution in [2.24, 2.45) is 4.99 Å². The van der Waals surface area contributed by atoms with E-state index < -0.39 is 0 Å². The van der Waals surface area contributed by atoms with E-state index >= 15 is 0 Å². The summed E-state index contributed by atoms with van der Waals surface area (Å²) in [5, 5.41) is 8.71. The first-order chi connectivity index (χ1) is 6.29. The van der Waals surface area contributed by atoms with E-state index in [0.29, 0.717) is 0 Å². The number of hydrogen-bond donors (Lipinski definition) is 0. The predicted molar refractivity (Wildman–Crippen MR) is 52.2 cm³/mol. The Morgan fingerprint density at radius 1 is 1.38 bits per heavy atom. The number of benzene rings is 1. The van der Waals surface area contributed by atoms with Crippen LogP contribution in [0, 0.1) is 11.3 Å². The fraction of sp³-hybridized carbons (Fsp3) is 0.273. The quantitative estimate of drug-likeness (QED) is 0.589. The Hall–Kier alpha value is -1.62. The summed E-state index contributed by atoms with van der Waals surface area (Å²) in [5.74, 6) is 0. The average Bonchev–Trinajstić information content (AvgIpc) is 2.17. The number of hydrogen-bond acceptors (Lipinski definition) is 2. The Balaban J connectivity index is 2.51. The van der Waals surface area contributed by atoms with Crippen LogP contribution >= 0.6 is 0 Å². The molecule has 0 bridgehead atoms. The zero-order chi connectivity index (χ0) is 9.26. The molecule has 0 unspecified atom stereocenters. The van der Waals surface area contributed by atoms with E-state index in [1.165, 1.54) is 11.3 Å². The molecule has 13 heavy (non-hydrogen) atoms. The summed E-state index contributed by atoms with van der Waals surface area (Å²) in [6, 6.07) is 7.82. The van der Waals surface area contributed by atoms with Crippen molar-refractivity contribution in [2.45, 2.75) is 19.8 Å². The fourth-order valence-electron chi connectivity index (χ4n) is 1.54. The van der Waals surface area contributed by atoms with Gasteiger partial charge in [0.25, 0.3) is 0 Å². The van der Waals surface area contributed by atoms with Gasteiger partial charge in [-0.2, -0.15) is 5.26 Å². The highest BCUT2D eigenvalue weighted by Crippen LogP contribution is 2.26. The van der Waals surface area contributed by atoms with Gasteiger partial charge in [0.15, 0.2) is 0 Å². The Bertz CT molecular complexity index is 411. The molecular formula is C11H10N2. The lowest BCUT2D eigenvalue weighted by atomic mass is 10.0. The molecule has 0 saturated heterocycles. The summed E-state index contributed by atoms with van der Waals surface area (Å²) in [7, 11) is 0. The van der Waals surface area contributed by atoms with Gasteiger partial charge >= 0.3 is 0 Å². The summed E-state index contributed by atoms with van der Waals surface area (Å²) in [5.41, 5.74) is 4.14. The Kier molecular flexibility index (Phi) is 1.86. The lowest BCUT2D eigenvalue weighted by Gasteiger charge is -2.12. The summed E-state index contributed by atoms with van der Waals surface area (Å²) in [6.07, 6.45) is 2.03. The molecule has 2 heteroatoms. The van der Waals surface area contributed by atoms with Crippen molar-refractivity contribution >= 4 is 11.4 Å². The third-order valence-electron chi connectivity index (χ3n) is 2.28. The van der Waals surface area contributed by atoms with Crippen LogP contribution in [-0.2, 0) is 6.42 Å². The van der Waals surface area contributed by atoms with Crippen LogP contribution in [0.2, 0.25) is 0 Å². The summed E-state index contributed by atoms with van der Waals surface area (Å²) in [4.78, 5) is 4.43. The highest BCUT2D eigenvalue weighted by atomic mass is 14.8. The van der Waals surface area contributed by atoms with Gasteiger partial charge in [0.2, 0.25) is 0 Å². The molecule has 0 saturated carbocycles. The minimum atomic E-state index is 0.730. The third-order valence-corrected chi connectivity index (χ3v) is 2.28. The molecule has 2 rings (SSSR count). The summed E-state index contributed by atoms with van der Waals surface area (Å²) < 4.78 is 0. The zero-order valence-corrected chi connectivity index (χ0v) is 7.54. The van der Waals surface area contributed by atoms with Gasteiger partial charge in [0.05, 0.1) is 17.3 Å². The van der Waals surface area contributed by atoms with Crippen molar-refractivity contribution in [3.63, 3.8) is 0 Å².